The van der Waals surface area contributed by atoms with Crippen molar-refractivity contribution in [3.05, 3.63) is 72.1 Å². The first-order valence-corrected chi connectivity index (χ1v) is 11.5. The van der Waals surface area contributed by atoms with Crippen molar-refractivity contribution in [1.29, 1.82) is 0 Å². The average molecular weight is 445 g/mol. The normalized spacial score (nSPS) is 14.3. The van der Waals surface area contributed by atoms with Gasteiger partial charge in [0, 0.05) is 43.4 Å². The topological polar surface area (TPSA) is 58.6 Å². The standard InChI is InChI=1S/C27H32N4O2/c1-5-33-23-12-8-20(9-13-23)24-18-25(29-19-28-24)30-14-16-31(17-15-30)26(32)21-6-10-22(11-7-21)27(2,3)4/h6-13,18-19H,5,14-17H2,1-4H3. The summed E-state index contributed by atoms with van der Waals surface area (Å²) in [6.45, 7) is 12.0. The Morgan fingerprint density at radius 1 is 0.939 bits per heavy atom. The first-order chi connectivity index (χ1) is 15.8. The Morgan fingerprint density at radius 3 is 2.21 bits per heavy atom. The zero-order valence-corrected chi connectivity index (χ0v) is 19.9. The van der Waals surface area contributed by atoms with Crippen LogP contribution in [0.15, 0.2) is 60.9 Å². The van der Waals surface area contributed by atoms with Crippen molar-refractivity contribution in [2.45, 2.75) is 33.1 Å². The van der Waals surface area contributed by atoms with E-state index in [2.05, 4.69) is 47.8 Å². The number of hydrogen-bond acceptors (Lipinski definition) is 5. The van der Waals surface area contributed by atoms with E-state index in [0.29, 0.717) is 19.7 Å². The number of carbonyl (C=O) groups excluding carboxylic acids is 1. The summed E-state index contributed by atoms with van der Waals surface area (Å²) in [6, 6.07) is 18.0. The van der Waals surface area contributed by atoms with Gasteiger partial charge in [0.25, 0.3) is 5.91 Å². The minimum atomic E-state index is 0.0783. The largest absolute Gasteiger partial charge is 0.494 e. The summed E-state index contributed by atoms with van der Waals surface area (Å²) in [5.41, 5.74) is 3.96. The van der Waals surface area contributed by atoms with E-state index < -0.39 is 0 Å². The van der Waals surface area contributed by atoms with Crippen molar-refractivity contribution in [1.82, 2.24) is 14.9 Å². The third kappa shape index (κ3) is 5.33. The molecule has 3 aromatic rings. The third-order valence-electron chi connectivity index (χ3n) is 6.00. The Hall–Kier alpha value is -3.41. The van der Waals surface area contributed by atoms with Gasteiger partial charge in [0.05, 0.1) is 12.3 Å². The molecule has 0 saturated carbocycles. The third-order valence-corrected chi connectivity index (χ3v) is 6.00. The first kappa shape index (κ1) is 22.8. The second kappa shape index (κ2) is 9.61. The van der Waals surface area contributed by atoms with Gasteiger partial charge in [-0.3, -0.25) is 4.79 Å². The number of aromatic nitrogens is 2. The summed E-state index contributed by atoms with van der Waals surface area (Å²) in [6.07, 6.45) is 1.61. The molecule has 1 aliphatic heterocycles. The van der Waals surface area contributed by atoms with Gasteiger partial charge in [-0.15, -0.1) is 0 Å². The van der Waals surface area contributed by atoms with Crippen LogP contribution in [-0.2, 0) is 5.41 Å². The van der Waals surface area contributed by atoms with Gasteiger partial charge in [-0.25, -0.2) is 9.97 Å². The SMILES string of the molecule is CCOc1ccc(-c2cc(N3CCN(C(=O)c4ccc(C(C)(C)C)cc4)CC3)ncn2)cc1. The van der Waals surface area contributed by atoms with E-state index in [1.165, 1.54) is 5.56 Å². The van der Waals surface area contributed by atoms with E-state index in [1.54, 1.807) is 6.33 Å². The maximum atomic E-state index is 13.0. The van der Waals surface area contributed by atoms with E-state index in [0.717, 1.165) is 41.5 Å². The fraction of sp³-hybridized carbons (Fsp3) is 0.370. The highest BCUT2D eigenvalue weighted by Crippen LogP contribution is 2.25. The molecule has 0 spiro atoms. The smallest absolute Gasteiger partial charge is 0.253 e. The summed E-state index contributed by atoms with van der Waals surface area (Å²) in [5.74, 6) is 1.83. The number of carbonyl (C=O) groups is 1. The molecule has 0 radical (unpaired) electrons. The van der Waals surface area contributed by atoms with Gasteiger partial charge in [0.15, 0.2) is 0 Å². The summed E-state index contributed by atoms with van der Waals surface area (Å²) in [5, 5.41) is 0. The van der Waals surface area contributed by atoms with Crippen LogP contribution in [0.2, 0.25) is 0 Å². The highest BCUT2D eigenvalue weighted by Gasteiger charge is 2.24. The molecule has 0 bridgehead atoms. The molecule has 1 aliphatic rings. The van der Waals surface area contributed by atoms with Crippen LogP contribution < -0.4 is 9.64 Å². The zero-order chi connectivity index (χ0) is 23.4. The minimum absolute atomic E-state index is 0.0783. The predicted octanol–water partition coefficient (Wildman–Crippen LogP) is 4.80. The number of anilines is 1. The van der Waals surface area contributed by atoms with Gasteiger partial charge in [0.1, 0.15) is 17.9 Å². The fourth-order valence-corrected chi connectivity index (χ4v) is 4.00. The molecule has 1 amide bonds. The van der Waals surface area contributed by atoms with Gasteiger partial charge >= 0.3 is 0 Å². The van der Waals surface area contributed by atoms with Crippen LogP contribution in [0.3, 0.4) is 0 Å². The lowest BCUT2D eigenvalue weighted by atomic mass is 9.86. The maximum absolute atomic E-state index is 13.0. The van der Waals surface area contributed by atoms with Crippen molar-refractivity contribution in [2.75, 3.05) is 37.7 Å². The van der Waals surface area contributed by atoms with Crippen molar-refractivity contribution in [2.24, 2.45) is 0 Å². The Bertz CT molecular complexity index is 1080. The monoisotopic (exact) mass is 444 g/mol. The second-order valence-electron chi connectivity index (χ2n) is 9.33. The molecule has 0 unspecified atom stereocenters. The number of nitrogens with zero attached hydrogens (tertiary/aromatic N) is 4. The Kier molecular flexibility index (Phi) is 6.63. The Labute approximate surface area is 196 Å². The van der Waals surface area contributed by atoms with Crippen molar-refractivity contribution >= 4 is 11.7 Å². The van der Waals surface area contributed by atoms with Crippen molar-refractivity contribution in [3.63, 3.8) is 0 Å². The number of rotatable bonds is 5. The lowest BCUT2D eigenvalue weighted by Gasteiger charge is -2.35. The van der Waals surface area contributed by atoms with Crippen LogP contribution in [0.25, 0.3) is 11.3 Å². The predicted molar refractivity (Wildman–Crippen MR) is 132 cm³/mol. The highest BCUT2D eigenvalue weighted by atomic mass is 16.5. The number of hydrogen-bond donors (Lipinski definition) is 0. The molecule has 2 heterocycles. The fourth-order valence-electron chi connectivity index (χ4n) is 4.00. The molecule has 4 rings (SSSR count). The van der Waals surface area contributed by atoms with Gasteiger partial charge in [-0.05, 0) is 54.3 Å². The Morgan fingerprint density at radius 2 is 1.61 bits per heavy atom. The molecule has 1 aromatic heterocycles. The molecule has 172 valence electrons. The minimum Gasteiger partial charge on any atom is -0.494 e. The molecule has 0 aliphatic carbocycles. The van der Waals surface area contributed by atoms with Crippen LogP contribution in [0.5, 0.6) is 5.75 Å². The molecule has 1 fully saturated rings. The second-order valence-corrected chi connectivity index (χ2v) is 9.33. The van der Waals surface area contributed by atoms with Crippen LogP contribution in [-0.4, -0.2) is 53.6 Å². The van der Waals surface area contributed by atoms with Crippen LogP contribution >= 0.6 is 0 Å². The van der Waals surface area contributed by atoms with E-state index in [1.807, 2.05) is 54.3 Å². The summed E-state index contributed by atoms with van der Waals surface area (Å²) >= 11 is 0. The average Bonchev–Trinajstić information content (AvgIpc) is 2.84. The van der Waals surface area contributed by atoms with Crippen LogP contribution in [0.4, 0.5) is 5.82 Å². The molecular formula is C27H32N4O2. The maximum Gasteiger partial charge on any atom is 0.253 e. The first-order valence-electron chi connectivity index (χ1n) is 11.5. The van der Waals surface area contributed by atoms with Crippen LogP contribution in [0.1, 0.15) is 43.6 Å². The summed E-state index contributed by atoms with van der Waals surface area (Å²) in [4.78, 5) is 26.1. The molecule has 0 N–H and O–H groups in total. The van der Waals surface area contributed by atoms with Gasteiger partial charge in [0.2, 0.25) is 0 Å². The van der Waals surface area contributed by atoms with E-state index in [9.17, 15) is 4.79 Å². The van der Waals surface area contributed by atoms with Crippen LogP contribution in [0, 0.1) is 0 Å². The lowest BCUT2D eigenvalue weighted by molar-refractivity contribution is 0.0746. The number of amides is 1. The van der Waals surface area contributed by atoms with Gasteiger partial charge < -0.3 is 14.5 Å². The summed E-state index contributed by atoms with van der Waals surface area (Å²) in [7, 11) is 0. The summed E-state index contributed by atoms with van der Waals surface area (Å²) < 4.78 is 5.52. The molecule has 6 heteroatoms. The molecule has 2 aromatic carbocycles. The Balaban J connectivity index is 1.39. The van der Waals surface area contributed by atoms with E-state index in [-0.39, 0.29) is 11.3 Å². The zero-order valence-electron chi connectivity index (χ0n) is 19.9. The van der Waals surface area contributed by atoms with Crippen molar-refractivity contribution < 1.29 is 9.53 Å². The molecule has 33 heavy (non-hydrogen) atoms. The molecular weight excluding hydrogens is 412 g/mol. The number of ether oxygens (including phenoxy) is 1. The molecule has 1 saturated heterocycles. The van der Waals surface area contributed by atoms with Gasteiger partial charge in [-0.2, -0.15) is 0 Å². The highest BCUT2D eigenvalue weighted by molar-refractivity contribution is 5.94. The van der Waals surface area contributed by atoms with E-state index in [4.69, 9.17) is 4.74 Å². The quantitative estimate of drug-likeness (QED) is 0.566. The van der Waals surface area contributed by atoms with Crippen molar-refractivity contribution in [3.8, 4) is 17.0 Å². The number of piperazine rings is 1. The van der Waals surface area contributed by atoms with Gasteiger partial charge in [-0.1, -0.05) is 32.9 Å². The molecule has 6 nitrogen and oxygen atoms in total. The molecule has 0 atom stereocenters. The number of benzene rings is 2. The lowest BCUT2D eigenvalue weighted by Crippen LogP contribution is -2.49. The van der Waals surface area contributed by atoms with E-state index >= 15 is 0 Å².